The zero-order valence-electron chi connectivity index (χ0n) is 41.1. The highest BCUT2D eigenvalue weighted by Gasteiger charge is 2.37. The van der Waals surface area contributed by atoms with Gasteiger partial charge < -0.3 is 40.0 Å². The smallest absolute Gasteiger partial charge is 0.234 e. The van der Waals surface area contributed by atoms with Crippen molar-refractivity contribution in [3.63, 3.8) is 0 Å². The lowest BCUT2D eigenvalue weighted by Gasteiger charge is -2.44. The fraction of sp³-hybridized carbons (Fsp3) is 0.462. The normalized spacial score (nSPS) is 20.2. The number of methoxy groups -OCH3 is 1. The summed E-state index contributed by atoms with van der Waals surface area (Å²) in [5.74, 6) is -1.68. The third kappa shape index (κ3) is 10.5. The molecule has 0 radical (unpaired) electrons. The number of piperidine rings is 2. The van der Waals surface area contributed by atoms with Crippen LogP contribution in [0.25, 0.3) is 10.9 Å². The maximum absolute atomic E-state index is 15.3. The molecule has 5 aliphatic rings. The first-order valence-corrected chi connectivity index (χ1v) is 28.4. The Labute approximate surface area is 426 Å². The summed E-state index contributed by atoms with van der Waals surface area (Å²) in [5, 5.41) is 14.0. The lowest BCUT2D eigenvalue weighted by molar-refractivity contribution is -0.137. The van der Waals surface area contributed by atoms with E-state index in [0.717, 1.165) is 91.9 Å². The Bertz CT molecular complexity index is 2950. The molecule has 2 aromatic heterocycles. The minimum atomic E-state index is -2.79. The maximum atomic E-state index is 15.3. The number of amides is 3. The van der Waals surface area contributed by atoms with E-state index in [1.807, 2.05) is 34.1 Å². The third-order valence-corrected chi connectivity index (χ3v) is 17.0. The van der Waals surface area contributed by atoms with Gasteiger partial charge in [0, 0.05) is 111 Å². The van der Waals surface area contributed by atoms with Crippen LogP contribution in [0.2, 0.25) is 0 Å². The van der Waals surface area contributed by atoms with Gasteiger partial charge in [-0.25, -0.2) is 18.7 Å². The Hall–Kier alpha value is -5.91. The number of rotatable bonds is 14. The molecule has 4 aliphatic heterocycles. The molecule has 20 heteroatoms. The minimum absolute atomic E-state index is 0.0259. The zero-order valence-corrected chi connectivity index (χ0v) is 43.6. The molecule has 5 aromatic rings. The molecule has 0 spiro atoms. The number of anilines is 7. The molecule has 1 aliphatic carbocycles. The van der Waals surface area contributed by atoms with Crippen LogP contribution in [0.4, 0.5) is 49.1 Å². The molecule has 380 valence electrons. The summed E-state index contributed by atoms with van der Waals surface area (Å²) >= 11 is 3.63. The van der Waals surface area contributed by atoms with Crippen LogP contribution in [-0.4, -0.2) is 127 Å². The van der Waals surface area contributed by atoms with Gasteiger partial charge in [-0.3, -0.25) is 24.6 Å². The summed E-state index contributed by atoms with van der Waals surface area (Å²) in [6, 6.07) is 15.4. The van der Waals surface area contributed by atoms with Crippen LogP contribution in [0.15, 0.2) is 59.2 Å². The molecule has 0 bridgehead atoms. The van der Waals surface area contributed by atoms with Gasteiger partial charge in [0.1, 0.15) is 36.2 Å². The Kier molecular flexibility index (Phi) is 14.2. The Morgan fingerprint density at radius 1 is 0.875 bits per heavy atom. The van der Waals surface area contributed by atoms with Crippen LogP contribution < -0.4 is 41.1 Å². The van der Waals surface area contributed by atoms with Gasteiger partial charge in [-0.15, -0.1) is 0 Å². The van der Waals surface area contributed by atoms with E-state index in [1.54, 1.807) is 26.6 Å². The van der Waals surface area contributed by atoms with Gasteiger partial charge in [0.25, 0.3) is 0 Å². The summed E-state index contributed by atoms with van der Waals surface area (Å²) < 4.78 is 51.1. The van der Waals surface area contributed by atoms with E-state index in [4.69, 9.17) is 14.7 Å². The summed E-state index contributed by atoms with van der Waals surface area (Å²) in [6.07, 6.45) is 7.40. The molecule has 4 saturated heterocycles. The second kappa shape index (κ2) is 20.5. The molecular formula is C52H61BrF2N11O5P. The topological polar surface area (TPSA) is 177 Å². The van der Waals surface area contributed by atoms with E-state index < -0.39 is 36.5 Å². The number of fused-ring (bicyclic) bond motifs is 1. The molecule has 72 heavy (non-hydrogen) atoms. The molecule has 3 aromatic carbocycles. The zero-order chi connectivity index (χ0) is 50.4. The molecular weight excluding hydrogens is 1010 g/mol. The van der Waals surface area contributed by atoms with Gasteiger partial charge in [-0.1, -0.05) is 6.92 Å². The van der Waals surface area contributed by atoms with Crippen LogP contribution in [0, 0.1) is 17.6 Å². The molecule has 1 saturated carbocycles. The number of ether oxygens (including phenoxy) is 1. The van der Waals surface area contributed by atoms with Gasteiger partial charge in [0.05, 0.1) is 40.3 Å². The van der Waals surface area contributed by atoms with E-state index in [1.165, 1.54) is 12.1 Å². The highest BCUT2D eigenvalue weighted by atomic mass is 79.9. The van der Waals surface area contributed by atoms with Gasteiger partial charge in [0.2, 0.25) is 23.7 Å². The average Bonchev–Trinajstić information content (AvgIpc) is 4.04. The van der Waals surface area contributed by atoms with Crippen molar-refractivity contribution in [2.45, 2.75) is 76.3 Å². The average molecular weight is 1070 g/mol. The predicted octanol–water partition coefficient (Wildman–Crippen LogP) is 8.11. The van der Waals surface area contributed by atoms with E-state index in [2.05, 4.69) is 71.0 Å². The third-order valence-electron chi connectivity index (χ3n) is 14.8. The SMILES string of the molecule is CCc1cc(Nc2ncc(Br)c(Nc3ccc4nc(NC5CC5)ccc4c3P(C)(C)=O)n2)c(OC)cc1N1CCC(N2CCN(C(=O)C3CCN(c4cc(F)c(C5CCC(=O)NC5=O)c(F)c4)C3)CC2)CC1. The van der Waals surface area contributed by atoms with E-state index >= 15 is 8.78 Å². The number of pyridine rings is 1. The maximum Gasteiger partial charge on any atom is 0.234 e. The van der Waals surface area contributed by atoms with Gasteiger partial charge in [-0.05, 0) is 122 Å². The van der Waals surface area contributed by atoms with Crippen molar-refractivity contribution in [2.24, 2.45) is 5.92 Å². The van der Waals surface area contributed by atoms with Gasteiger partial charge in [-0.2, -0.15) is 4.98 Å². The largest absolute Gasteiger partial charge is 0.494 e. The van der Waals surface area contributed by atoms with Crippen LogP contribution >= 0.6 is 23.1 Å². The summed E-state index contributed by atoms with van der Waals surface area (Å²) in [7, 11) is -1.13. The molecule has 6 heterocycles. The van der Waals surface area contributed by atoms with Crippen LogP contribution in [0.5, 0.6) is 5.75 Å². The van der Waals surface area contributed by atoms with E-state index in [-0.39, 0.29) is 30.2 Å². The van der Waals surface area contributed by atoms with Crippen molar-refractivity contribution in [1.29, 1.82) is 0 Å². The lowest BCUT2D eigenvalue weighted by atomic mass is 9.89. The Morgan fingerprint density at radius 2 is 1.61 bits per heavy atom. The summed E-state index contributed by atoms with van der Waals surface area (Å²) in [4.78, 5) is 60.7. The van der Waals surface area contributed by atoms with E-state index in [0.29, 0.717) is 83.4 Å². The number of halogens is 3. The fourth-order valence-corrected chi connectivity index (χ4v) is 12.7. The molecule has 5 fully saturated rings. The number of carbonyl (C=O) groups excluding carboxylic acids is 3. The number of piperazine rings is 1. The van der Waals surface area contributed by atoms with Crippen molar-refractivity contribution >= 4 is 97.3 Å². The first-order valence-electron chi connectivity index (χ1n) is 25.0. The molecule has 3 amide bonds. The second-order valence-corrected chi connectivity index (χ2v) is 24.0. The van der Waals surface area contributed by atoms with Crippen molar-refractivity contribution in [1.82, 2.24) is 30.1 Å². The lowest BCUT2D eigenvalue weighted by Crippen LogP contribution is -2.55. The van der Waals surface area contributed by atoms with Crippen LogP contribution in [-0.2, 0) is 25.4 Å². The van der Waals surface area contributed by atoms with E-state index in [9.17, 15) is 18.9 Å². The molecule has 10 rings (SSSR count). The number of nitrogens with one attached hydrogen (secondary N) is 4. The molecule has 2 unspecified atom stereocenters. The number of aryl methyl sites for hydroxylation is 1. The monoisotopic (exact) mass is 1070 g/mol. The van der Waals surface area contributed by atoms with Crippen molar-refractivity contribution < 1.29 is 32.5 Å². The predicted molar refractivity (Wildman–Crippen MR) is 281 cm³/mol. The minimum Gasteiger partial charge on any atom is -0.494 e. The number of hydrogen-bond acceptors (Lipinski definition) is 14. The number of nitrogens with zero attached hydrogens (tertiary/aromatic N) is 7. The highest BCUT2D eigenvalue weighted by Crippen LogP contribution is 2.43. The summed E-state index contributed by atoms with van der Waals surface area (Å²) in [5.41, 5.74) is 4.52. The molecule has 2 atom stereocenters. The number of benzene rings is 3. The standard InChI is InChI=1S/C52H61BrF2N11O5P/c1-5-30-24-42(60-52-56-28-37(53)49(62-52)59-41-11-10-40-35(48(41)72(3,4)70)8-12-45(58-40)57-32-6-7-32)44(71-2)27-43(30)64-18-15-33(16-19-64)63-20-22-65(23-21-63)51(69)31-14-17-66(29-31)34-25-38(54)47(39(55)26-34)36-9-13-46(67)61-50(36)68/h8,10-12,24-28,31-33,36H,5-7,9,13-23,29H2,1-4H3,(H,57,58)(H,61,67,68)(H2,56,59,60,62). The number of carbonyl (C=O) groups is 3. The van der Waals surface area contributed by atoms with Gasteiger partial charge in [0.15, 0.2) is 0 Å². The van der Waals surface area contributed by atoms with Crippen LogP contribution in [0.1, 0.15) is 68.9 Å². The highest BCUT2D eigenvalue weighted by molar-refractivity contribution is 9.10. The quantitative estimate of drug-likeness (QED) is 0.0620. The first-order chi connectivity index (χ1) is 34.6. The summed E-state index contributed by atoms with van der Waals surface area (Å²) in [6.45, 7) is 11.1. The number of aromatic nitrogens is 3. The van der Waals surface area contributed by atoms with Crippen molar-refractivity contribution in [3.05, 3.63) is 82.0 Å². The van der Waals surface area contributed by atoms with Crippen molar-refractivity contribution in [2.75, 3.05) is 98.5 Å². The fourth-order valence-electron chi connectivity index (χ4n) is 10.9. The van der Waals surface area contributed by atoms with Gasteiger partial charge >= 0.3 is 0 Å². The number of hydrogen-bond donors (Lipinski definition) is 4. The molecule has 4 N–H and O–H groups in total. The Morgan fingerprint density at radius 3 is 2.29 bits per heavy atom. The second-order valence-electron chi connectivity index (χ2n) is 20.0. The number of imide groups is 1. The van der Waals surface area contributed by atoms with Crippen LogP contribution in [0.3, 0.4) is 0 Å². The Balaban J connectivity index is 0.742. The molecule has 16 nitrogen and oxygen atoms in total. The van der Waals surface area contributed by atoms with Crippen molar-refractivity contribution in [3.8, 4) is 5.75 Å². The first kappa shape index (κ1) is 49.7.